The number of carbonyl (C=O) groups excluding carboxylic acids is 3. The van der Waals surface area contributed by atoms with Crippen LogP contribution in [0.1, 0.15) is 18.4 Å². The lowest BCUT2D eigenvalue weighted by atomic mass is 10.0. The normalized spacial score (nSPS) is 14.4. The molecule has 10 nitrogen and oxygen atoms in total. The summed E-state index contributed by atoms with van der Waals surface area (Å²) in [6.07, 6.45) is 6.38. The largest absolute Gasteiger partial charge is 0.480 e. The van der Waals surface area contributed by atoms with Crippen molar-refractivity contribution in [1.82, 2.24) is 20.9 Å². The van der Waals surface area contributed by atoms with E-state index in [1.54, 1.807) is 0 Å². The quantitative estimate of drug-likeness (QED) is 0.147. The number of rotatable bonds is 16. The van der Waals surface area contributed by atoms with Crippen LogP contribution in [-0.4, -0.2) is 87.7 Å². The fraction of sp³-hybridized carbons (Fsp3) is 0.500. The number of aliphatic carboxylic acids is 1. The highest BCUT2D eigenvalue weighted by Crippen LogP contribution is 2.19. The van der Waals surface area contributed by atoms with E-state index < -0.39 is 47.9 Å². The van der Waals surface area contributed by atoms with Crippen LogP contribution in [0.25, 0.3) is 10.9 Å². The van der Waals surface area contributed by atoms with E-state index in [1.165, 1.54) is 23.5 Å². The van der Waals surface area contributed by atoms with Crippen LogP contribution in [0.5, 0.6) is 0 Å². The maximum absolute atomic E-state index is 13.0. The molecule has 0 fully saturated rings. The van der Waals surface area contributed by atoms with Gasteiger partial charge in [0.15, 0.2) is 0 Å². The fourth-order valence-corrected chi connectivity index (χ4v) is 4.85. The van der Waals surface area contributed by atoms with Crippen molar-refractivity contribution in [2.75, 3.05) is 29.8 Å². The molecule has 0 aliphatic carbocycles. The predicted octanol–water partition coefficient (Wildman–Crippen LogP) is 1.01. The zero-order chi connectivity index (χ0) is 27.4. The number of para-hydroxylation sites is 1. The Morgan fingerprint density at radius 1 is 0.946 bits per heavy atom. The minimum absolute atomic E-state index is 0.0459. The Labute approximate surface area is 230 Å². The minimum atomic E-state index is -1.15. The molecule has 0 bridgehead atoms. The highest BCUT2D eigenvalue weighted by Gasteiger charge is 2.29. The van der Waals surface area contributed by atoms with Crippen LogP contribution in [-0.2, 0) is 25.6 Å². The zero-order valence-corrected chi connectivity index (χ0v) is 23.4. The molecular weight excluding hydrogens is 534 g/mol. The van der Waals surface area contributed by atoms with Gasteiger partial charge in [-0.25, -0.2) is 4.79 Å². The highest BCUT2D eigenvalue weighted by molar-refractivity contribution is 7.98. The summed E-state index contributed by atoms with van der Waals surface area (Å²) in [6, 6.07) is 3.74. The van der Waals surface area contributed by atoms with Crippen molar-refractivity contribution in [3.8, 4) is 0 Å². The summed E-state index contributed by atoms with van der Waals surface area (Å²) in [5.41, 5.74) is 8.01. The molecule has 2 aromatic rings. The molecule has 1 heterocycles. The van der Waals surface area contributed by atoms with Crippen LogP contribution in [0.3, 0.4) is 0 Å². The number of hydrogen-bond donors (Lipinski definition) is 7. The smallest absolute Gasteiger partial charge is 0.326 e. The average Bonchev–Trinajstić information content (AvgIpc) is 3.29. The number of hydrogen-bond acceptors (Lipinski definition) is 8. The number of fused-ring (bicyclic) bond motifs is 1. The number of thioether (sulfide) groups is 2. The Balaban J connectivity index is 2.03. The fourth-order valence-electron chi connectivity index (χ4n) is 3.65. The highest BCUT2D eigenvalue weighted by atomic mass is 32.2. The number of aromatic amines is 1. The number of amides is 3. The van der Waals surface area contributed by atoms with E-state index in [4.69, 9.17) is 5.73 Å². The maximum atomic E-state index is 13.0. The molecule has 3 amide bonds. The van der Waals surface area contributed by atoms with E-state index in [2.05, 4.69) is 33.6 Å². The first-order chi connectivity index (χ1) is 17.7. The lowest BCUT2D eigenvalue weighted by Crippen LogP contribution is -2.58. The molecule has 0 saturated carbocycles. The van der Waals surface area contributed by atoms with Crippen molar-refractivity contribution in [3.05, 3.63) is 36.0 Å². The Morgan fingerprint density at radius 3 is 2.14 bits per heavy atom. The lowest BCUT2D eigenvalue weighted by molar-refractivity contribution is -0.142. The number of carboxylic acid groups (broad SMARTS) is 1. The van der Waals surface area contributed by atoms with Gasteiger partial charge in [-0.2, -0.15) is 36.2 Å². The summed E-state index contributed by atoms with van der Waals surface area (Å²) in [4.78, 5) is 53.3. The molecule has 4 atom stereocenters. The van der Waals surface area contributed by atoms with Gasteiger partial charge >= 0.3 is 5.97 Å². The first-order valence-electron chi connectivity index (χ1n) is 11.7. The van der Waals surface area contributed by atoms with E-state index in [0.717, 1.165) is 16.5 Å². The second kappa shape index (κ2) is 15.8. The monoisotopic (exact) mass is 569 g/mol. The topological polar surface area (TPSA) is 166 Å². The van der Waals surface area contributed by atoms with E-state index >= 15 is 0 Å². The number of benzene rings is 1. The molecule has 0 aliphatic rings. The number of nitrogens with two attached hydrogens (primary N) is 1. The number of carboxylic acids is 1. The lowest BCUT2D eigenvalue weighted by Gasteiger charge is -2.24. The van der Waals surface area contributed by atoms with E-state index in [1.807, 2.05) is 43.0 Å². The molecule has 7 N–H and O–H groups in total. The standard InChI is InChI=1S/C24H35N5O5S3/c1-36-9-7-18(22(31)29-20(13-35)23(32)28-19(24(33)34)8-10-37-2)27-21(30)16(25)11-14-12-26-17-6-4-3-5-15(14)17/h3-6,12,16,18-20,26,35H,7-11,13,25H2,1-2H3,(H,27,30)(H,28,32)(H,29,31)(H,33,34). The van der Waals surface area contributed by atoms with Crippen molar-refractivity contribution in [1.29, 1.82) is 0 Å². The maximum Gasteiger partial charge on any atom is 0.326 e. The van der Waals surface area contributed by atoms with Gasteiger partial charge < -0.3 is 31.8 Å². The molecule has 0 spiro atoms. The predicted molar refractivity (Wildman–Crippen MR) is 153 cm³/mol. The Bertz CT molecular complexity index is 1070. The van der Waals surface area contributed by atoms with Crippen molar-refractivity contribution >= 4 is 70.7 Å². The second-order valence-corrected chi connectivity index (χ2v) is 10.8. The first-order valence-corrected chi connectivity index (χ1v) is 15.2. The van der Waals surface area contributed by atoms with E-state index in [0.29, 0.717) is 17.9 Å². The van der Waals surface area contributed by atoms with Crippen LogP contribution in [0, 0.1) is 0 Å². The third-order valence-corrected chi connectivity index (χ3v) is 7.39. The molecule has 1 aromatic heterocycles. The molecule has 37 heavy (non-hydrogen) atoms. The number of carbonyl (C=O) groups is 4. The van der Waals surface area contributed by atoms with Gasteiger partial charge in [-0.1, -0.05) is 18.2 Å². The summed E-state index contributed by atoms with van der Waals surface area (Å²) in [5.74, 6) is -1.76. The summed E-state index contributed by atoms with van der Waals surface area (Å²) >= 11 is 7.13. The summed E-state index contributed by atoms with van der Waals surface area (Å²) in [5, 5.41) is 18.1. The number of thiol groups is 1. The van der Waals surface area contributed by atoms with Gasteiger partial charge in [0.2, 0.25) is 17.7 Å². The van der Waals surface area contributed by atoms with Crippen LogP contribution >= 0.6 is 36.2 Å². The van der Waals surface area contributed by atoms with Crippen LogP contribution in [0.4, 0.5) is 0 Å². The molecule has 2 rings (SSSR count). The van der Waals surface area contributed by atoms with Crippen LogP contribution < -0.4 is 21.7 Å². The van der Waals surface area contributed by atoms with Gasteiger partial charge in [-0.15, -0.1) is 0 Å². The Morgan fingerprint density at radius 2 is 1.51 bits per heavy atom. The molecule has 204 valence electrons. The van der Waals surface area contributed by atoms with Gasteiger partial charge in [0.25, 0.3) is 0 Å². The molecule has 13 heteroatoms. The van der Waals surface area contributed by atoms with E-state index in [9.17, 15) is 24.3 Å². The zero-order valence-electron chi connectivity index (χ0n) is 20.9. The third-order valence-electron chi connectivity index (χ3n) is 5.74. The van der Waals surface area contributed by atoms with Crippen molar-refractivity contribution in [2.45, 2.75) is 43.4 Å². The number of H-pyrrole nitrogens is 1. The number of nitrogens with one attached hydrogen (secondary N) is 4. The molecular formula is C24H35N5O5S3. The summed E-state index contributed by atoms with van der Waals surface area (Å²) in [7, 11) is 0. The number of aromatic nitrogens is 1. The van der Waals surface area contributed by atoms with Gasteiger partial charge in [-0.3, -0.25) is 14.4 Å². The van der Waals surface area contributed by atoms with Gasteiger partial charge in [-0.05, 0) is 54.9 Å². The Kier molecular flexibility index (Phi) is 13.2. The van der Waals surface area contributed by atoms with E-state index in [-0.39, 0.29) is 18.6 Å². The third kappa shape index (κ3) is 9.47. The Hall–Kier alpha value is -2.35. The SMILES string of the molecule is CSCCC(NC(=O)C(CS)NC(=O)C(CCSC)NC(=O)C(N)Cc1c[nH]c2ccccc12)C(=O)O. The molecule has 4 unspecified atom stereocenters. The molecule has 1 aromatic carbocycles. The van der Waals surface area contributed by atoms with Crippen molar-refractivity contribution in [3.63, 3.8) is 0 Å². The summed E-state index contributed by atoms with van der Waals surface area (Å²) in [6.45, 7) is 0. The second-order valence-electron chi connectivity index (χ2n) is 8.44. The van der Waals surface area contributed by atoms with Gasteiger partial charge in [0.1, 0.15) is 18.1 Å². The van der Waals surface area contributed by atoms with Gasteiger partial charge in [0, 0.05) is 22.9 Å². The molecule has 0 radical (unpaired) electrons. The molecule has 0 aliphatic heterocycles. The molecule has 0 saturated heterocycles. The van der Waals surface area contributed by atoms with Gasteiger partial charge in [0.05, 0.1) is 6.04 Å². The minimum Gasteiger partial charge on any atom is -0.480 e. The average molecular weight is 570 g/mol. The van der Waals surface area contributed by atoms with Crippen molar-refractivity contribution < 1.29 is 24.3 Å². The summed E-state index contributed by atoms with van der Waals surface area (Å²) < 4.78 is 0. The van der Waals surface area contributed by atoms with Crippen molar-refractivity contribution in [2.24, 2.45) is 5.73 Å². The van der Waals surface area contributed by atoms with Crippen LogP contribution in [0.2, 0.25) is 0 Å². The van der Waals surface area contributed by atoms with Crippen LogP contribution in [0.15, 0.2) is 30.5 Å². The first kappa shape index (κ1) is 30.9.